The first-order chi connectivity index (χ1) is 9.65. The summed E-state index contributed by atoms with van der Waals surface area (Å²) in [5, 5.41) is 0. The highest BCUT2D eigenvalue weighted by molar-refractivity contribution is 5.87. The first-order valence-electron chi connectivity index (χ1n) is 7.73. The minimum atomic E-state index is -0.647. The number of hydrogen-bond acceptors (Lipinski definition) is 3. The molecule has 0 bridgehead atoms. The Morgan fingerprint density at radius 2 is 1.70 bits per heavy atom. The van der Waals surface area contributed by atoms with Crippen LogP contribution in [0.3, 0.4) is 0 Å². The molecule has 0 aliphatic carbocycles. The Morgan fingerprint density at radius 3 is 2.30 bits per heavy atom. The third kappa shape index (κ3) is 6.22. The minimum Gasteiger partial charge on any atom is -0.449 e. The van der Waals surface area contributed by atoms with E-state index in [4.69, 9.17) is 4.74 Å². The molecule has 20 heavy (non-hydrogen) atoms. The lowest BCUT2D eigenvalue weighted by Crippen LogP contribution is -2.39. The Morgan fingerprint density at radius 1 is 1.15 bits per heavy atom. The maximum atomic E-state index is 12.3. The number of ether oxygens (including phenoxy) is 1. The van der Waals surface area contributed by atoms with E-state index in [9.17, 15) is 9.59 Å². The Hall–Kier alpha value is -1.32. The summed E-state index contributed by atoms with van der Waals surface area (Å²) in [4.78, 5) is 25.4. The van der Waals surface area contributed by atoms with Gasteiger partial charge in [0.15, 0.2) is 6.10 Å². The molecule has 1 atom stereocenters. The van der Waals surface area contributed by atoms with Crippen molar-refractivity contribution in [3.63, 3.8) is 0 Å². The molecule has 0 spiro atoms. The first-order valence-corrected chi connectivity index (χ1v) is 7.73. The summed E-state index contributed by atoms with van der Waals surface area (Å²) < 4.78 is 5.21. The number of esters is 1. The molecule has 0 N–H and O–H groups in total. The summed E-state index contributed by atoms with van der Waals surface area (Å²) in [6, 6.07) is 0. The van der Waals surface area contributed by atoms with Gasteiger partial charge in [-0.05, 0) is 19.3 Å². The molecule has 1 fully saturated rings. The van der Waals surface area contributed by atoms with E-state index in [0.29, 0.717) is 6.42 Å². The van der Waals surface area contributed by atoms with Crippen molar-refractivity contribution in [3.8, 4) is 0 Å². The lowest BCUT2D eigenvalue weighted by atomic mass is 10.1. The highest BCUT2D eigenvalue weighted by atomic mass is 16.5. The molecule has 4 heteroatoms. The summed E-state index contributed by atoms with van der Waals surface area (Å²) in [5.74, 6) is -0.597. The SMILES string of the molecule is C=CC(=O)OC1CCCCCCCCCCN(C)C1=O. The van der Waals surface area contributed by atoms with Crippen molar-refractivity contribution in [2.75, 3.05) is 13.6 Å². The standard InChI is InChI=1S/C16H27NO3/c1-3-15(18)20-14-12-10-8-6-4-5-7-9-11-13-17(2)16(14)19/h3,14H,1,4-13H2,2H3. The van der Waals surface area contributed by atoms with E-state index in [1.54, 1.807) is 11.9 Å². The molecule has 0 saturated carbocycles. The molecule has 1 aliphatic rings. The Bertz CT molecular complexity index is 328. The topological polar surface area (TPSA) is 46.6 Å². The number of carbonyl (C=O) groups is 2. The van der Waals surface area contributed by atoms with Gasteiger partial charge in [-0.3, -0.25) is 4.79 Å². The van der Waals surface area contributed by atoms with Gasteiger partial charge in [0.2, 0.25) is 0 Å². The molecular weight excluding hydrogens is 254 g/mol. The van der Waals surface area contributed by atoms with E-state index in [1.807, 2.05) is 0 Å². The van der Waals surface area contributed by atoms with Gasteiger partial charge in [0, 0.05) is 19.7 Å². The van der Waals surface area contributed by atoms with Crippen LogP contribution in [0.25, 0.3) is 0 Å². The zero-order valence-corrected chi connectivity index (χ0v) is 12.6. The highest BCUT2D eigenvalue weighted by Crippen LogP contribution is 2.15. The van der Waals surface area contributed by atoms with Gasteiger partial charge >= 0.3 is 5.97 Å². The van der Waals surface area contributed by atoms with E-state index in [-0.39, 0.29) is 5.91 Å². The monoisotopic (exact) mass is 281 g/mol. The van der Waals surface area contributed by atoms with E-state index in [1.165, 1.54) is 25.7 Å². The molecule has 0 aromatic heterocycles. The fourth-order valence-electron chi connectivity index (χ4n) is 2.52. The average Bonchev–Trinajstić information content (AvgIpc) is 2.46. The van der Waals surface area contributed by atoms with Gasteiger partial charge in [-0.2, -0.15) is 0 Å². The van der Waals surface area contributed by atoms with Crippen molar-refractivity contribution in [2.45, 2.75) is 63.9 Å². The zero-order chi connectivity index (χ0) is 14.8. The summed E-state index contributed by atoms with van der Waals surface area (Å²) >= 11 is 0. The van der Waals surface area contributed by atoms with E-state index < -0.39 is 12.1 Å². The van der Waals surface area contributed by atoms with Crippen molar-refractivity contribution in [1.82, 2.24) is 4.90 Å². The van der Waals surface area contributed by atoms with Gasteiger partial charge in [0.25, 0.3) is 5.91 Å². The maximum absolute atomic E-state index is 12.3. The molecule has 0 aromatic rings. The number of carbonyl (C=O) groups excluding carboxylic acids is 2. The summed E-state index contributed by atoms with van der Waals surface area (Å²) in [6.07, 6.45) is 10.3. The summed E-state index contributed by atoms with van der Waals surface area (Å²) in [6.45, 7) is 4.12. The normalized spacial score (nSPS) is 23.1. The van der Waals surface area contributed by atoms with Gasteiger partial charge < -0.3 is 9.64 Å². The van der Waals surface area contributed by atoms with Gasteiger partial charge in [-0.1, -0.05) is 45.1 Å². The van der Waals surface area contributed by atoms with Crippen LogP contribution < -0.4 is 0 Å². The third-order valence-electron chi connectivity index (χ3n) is 3.79. The van der Waals surface area contributed by atoms with Crippen molar-refractivity contribution in [2.24, 2.45) is 0 Å². The molecular formula is C16H27NO3. The van der Waals surface area contributed by atoms with Gasteiger partial charge in [-0.15, -0.1) is 0 Å². The molecule has 0 radical (unpaired) electrons. The molecule has 114 valence electrons. The van der Waals surface area contributed by atoms with E-state index in [0.717, 1.165) is 38.3 Å². The second-order valence-corrected chi connectivity index (χ2v) is 5.51. The predicted molar refractivity (Wildman–Crippen MR) is 79.3 cm³/mol. The van der Waals surface area contributed by atoms with E-state index in [2.05, 4.69) is 6.58 Å². The molecule has 1 rings (SSSR count). The van der Waals surface area contributed by atoms with Crippen LogP contribution in [0, 0.1) is 0 Å². The molecule has 1 amide bonds. The largest absolute Gasteiger partial charge is 0.449 e. The van der Waals surface area contributed by atoms with Crippen LogP contribution in [-0.2, 0) is 14.3 Å². The van der Waals surface area contributed by atoms with Gasteiger partial charge in [-0.25, -0.2) is 4.79 Å². The highest BCUT2D eigenvalue weighted by Gasteiger charge is 2.24. The fraction of sp³-hybridized carbons (Fsp3) is 0.750. The van der Waals surface area contributed by atoms with Crippen molar-refractivity contribution < 1.29 is 14.3 Å². The van der Waals surface area contributed by atoms with Crippen LogP contribution in [0.5, 0.6) is 0 Å². The number of hydrogen-bond donors (Lipinski definition) is 0. The van der Waals surface area contributed by atoms with Crippen LogP contribution in [0.15, 0.2) is 12.7 Å². The Balaban J connectivity index is 2.61. The fourth-order valence-corrected chi connectivity index (χ4v) is 2.52. The second-order valence-electron chi connectivity index (χ2n) is 5.51. The molecule has 1 saturated heterocycles. The van der Waals surface area contributed by atoms with Gasteiger partial charge in [0.1, 0.15) is 0 Å². The van der Waals surface area contributed by atoms with Gasteiger partial charge in [0.05, 0.1) is 0 Å². The Kier molecular flexibility index (Phi) is 8.00. The lowest BCUT2D eigenvalue weighted by Gasteiger charge is -2.23. The summed E-state index contributed by atoms with van der Waals surface area (Å²) in [5.41, 5.74) is 0. The maximum Gasteiger partial charge on any atom is 0.330 e. The minimum absolute atomic E-state index is 0.0838. The summed E-state index contributed by atoms with van der Waals surface area (Å²) in [7, 11) is 1.79. The van der Waals surface area contributed by atoms with Crippen LogP contribution in [0.4, 0.5) is 0 Å². The van der Waals surface area contributed by atoms with E-state index >= 15 is 0 Å². The third-order valence-corrected chi connectivity index (χ3v) is 3.79. The molecule has 1 aliphatic heterocycles. The smallest absolute Gasteiger partial charge is 0.330 e. The van der Waals surface area contributed by atoms with Crippen molar-refractivity contribution in [1.29, 1.82) is 0 Å². The first kappa shape index (κ1) is 16.7. The molecule has 1 heterocycles. The molecule has 0 aromatic carbocycles. The Labute approximate surface area is 122 Å². The number of rotatable bonds is 2. The number of nitrogens with zero attached hydrogens (tertiary/aromatic N) is 1. The van der Waals surface area contributed by atoms with Crippen LogP contribution in [0.1, 0.15) is 57.8 Å². The quantitative estimate of drug-likeness (QED) is 0.577. The molecule has 1 unspecified atom stereocenters. The molecule has 4 nitrogen and oxygen atoms in total. The van der Waals surface area contributed by atoms with Crippen LogP contribution in [-0.4, -0.2) is 36.5 Å². The number of likely N-dealkylation sites (N-methyl/N-ethyl adjacent to an activating group) is 1. The van der Waals surface area contributed by atoms with Crippen molar-refractivity contribution in [3.05, 3.63) is 12.7 Å². The van der Waals surface area contributed by atoms with Crippen molar-refractivity contribution >= 4 is 11.9 Å². The second kappa shape index (κ2) is 9.56. The lowest BCUT2D eigenvalue weighted by molar-refractivity contribution is -0.156. The zero-order valence-electron chi connectivity index (χ0n) is 12.6. The predicted octanol–water partition coefficient (Wildman–Crippen LogP) is 3.07. The van der Waals surface area contributed by atoms with Crippen LogP contribution >= 0.6 is 0 Å². The number of amides is 1. The average molecular weight is 281 g/mol. The van der Waals surface area contributed by atoms with Crippen LogP contribution in [0.2, 0.25) is 0 Å².